The summed E-state index contributed by atoms with van der Waals surface area (Å²) >= 11 is 6.17. The fourth-order valence-corrected chi connectivity index (χ4v) is 2.14. The van der Waals surface area contributed by atoms with Crippen LogP contribution in [0.2, 0.25) is 5.02 Å². The van der Waals surface area contributed by atoms with Crippen LogP contribution in [0.25, 0.3) is 22.6 Å². The summed E-state index contributed by atoms with van der Waals surface area (Å²) in [7, 11) is 0. The van der Waals surface area contributed by atoms with Gasteiger partial charge in [-0.25, -0.2) is 9.97 Å². The van der Waals surface area contributed by atoms with Crippen molar-refractivity contribution in [3.8, 4) is 22.6 Å². The predicted molar refractivity (Wildman–Crippen MR) is 76.7 cm³/mol. The monoisotopic (exact) mass is 270 g/mol. The van der Waals surface area contributed by atoms with Crippen molar-refractivity contribution in [1.82, 2.24) is 15.0 Å². The van der Waals surface area contributed by atoms with Gasteiger partial charge in [-0.1, -0.05) is 29.8 Å². The lowest BCUT2D eigenvalue weighted by molar-refractivity contribution is 1.18. The molecule has 0 aliphatic heterocycles. The summed E-state index contributed by atoms with van der Waals surface area (Å²) in [6.07, 6.45) is 1.63. The molecule has 0 aliphatic carbocycles. The number of nitrogens with two attached hydrogens (primary N) is 1. The van der Waals surface area contributed by atoms with Crippen molar-refractivity contribution < 1.29 is 0 Å². The van der Waals surface area contributed by atoms with Crippen molar-refractivity contribution in [3.05, 3.63) is 53.7 Å². The van der Waals surface area contributed by atoms with Crippen LogP contribution >= 0.6 is 11.6 Å². The molecular weight excluding hydrogens is 260 g/mol. The number of halogens is 1. The average molecular weight is 271 g/mol. The number of nitrogens with zero attached hydrogens (tertiary/aromatic N) is 2. The minimum absolute atomic E-state index is 0.256. The van der Waals surface area contributed by atoms with E-state index in [-0.39, 0.29) is 5.95 Å². The van der Waals surface area contributed by atoms with Crippen LogP contribution in [0, 0.1) is 0 Å². The van der Waals surface area contributed by atoms with E-state index in [4.69, 9.17) is 17.3 Å². The summed E-state index contributed by atoms with van der Waals surface area (Å²) in [4.78, 5) is 11.3. The maximum absolute atomic E-state index is 6.17. The van der Waals surface area contributed by atoms with E-state index >= 15 is 0 Å². The van der Waals surface area contributed by atoms with E-state index in [0.29, 0.717) is 5.02 Å². The van der Waals surface area contributed by atoms with Crippen LogP contribution in [-0.2, 0) is 0 Å². The van der Waals surface area contributed by atoms with Gasteiger partial charge in [0.2, 0.25) is 5.95 Å². The van der Waals surface area contributed by atoms with Crippen molar-refractivity contribution >= 4 is 17.5 Å². The van der Waals surface area contributed by atoms with Gasteiger partial charge in [-0.3, -0.25) is 0 Å². The van der Waals surface area contributed by atoms with Crippen molar-refractivity contribution in [3.63, 3.8) is 0 Å². The van der Waals surface area contributed by atoms with Crippen LogP contribution in [0.3, 0.4) is 0 Å². The molecule has 0 amide bonds. The smallest absolute Gasteiger partial charge is 0.220 e. The van der Waals surface area contributed by atoms with Gasteiger partial charge in [-0.05, 0) is 24.3 Å². The third-order valence-electron chi connectivity index (χ3n) is 2.80. The van der Waals surface area contributed by atoms with Gasteiger partial charge in [0.1, 0.15) is 0 Å². The Morgan fingerprint density at radius 3 is 2.58 bits per heavy atom. The second-order valence-electron chi connectivity index (χ2n) is 4.07. The summed E-state index contributed by atoms with van der Waals surface area (Å²) in [6.45, 7) is 0. The molecule has 0 atom stereocenters. The van der Waals surface area contributed by atoms with Crippen molar-refractivity contribution in [2.45, 2.75) is 0 Å². The number of hydrogen-bond acceptors (Lipinski definition) is 3. The van der Waals surface area contributed by atoms with E-state index in [1.165, 1.54) is 0 Å². The topological polar surface area (TPSA) is 67.6 Å². The van der Waals surface area contributed by atoms with Gasteiger partial charge < -0.3 is 10.7 Å². The van der Waals surface area contributed by atoms with Gasteiger partial charge in [0, 0.05) is 22.5 Å². The van der Waals surface area contributed by atoms with Crippen molar-refractivity contribution in [1.29, 1.82) is 0 Å². The Bertz CT molecular complexity index is 721. The summed E-state index contributed by atoms with van der Waals surface area (Å²) in [5.41, 5.74) is 9.11. The zero-order valence-corrected chi connectivity index (χ0v) is 10.7. The van der Waals surface area contributed by atoms with E-state index in [1.807, 2.05) is 36.4 Å². The van der Waals surface area contributed by atoms with Crippen LogP contribution in [0.4, 0.5) is 5.95 Å². The number of H-pyrrole nitrogens is 1. The number of aromatic amines is 1. The lowest BCUT2D eigenvalue weighted by Crippen LogP contribution is -1.95. The molecule has 94 valence electrons. The highest BCUT2D eigenvalue weighted by molar-refractivity contribution is 6.33. The third kappa shape index (κ3) is 2.30. The summed E-state index contributed by atoms with van der Waals surface area (Å²) in [6, 6.07) is 13.4. The molecule has 0 saturated carbocycles. The fraction of sp³-hybridized carbons (Fsp3) is 0. The zero-order chi connectivity index (χ0) is 13.2. The predicted octanol–water partition coefficient (Wildman–Crippen LogP) is 3.37. The van der Waals surface area contributed by atoms with Crippen molar-refractivity contribution in [2.24, 2.45) is 0 Å². The standard InChI is InChI=1S/C14H11ClN4/c15-10-4-2-1-3-9(10)11-5-6-12(18-11)13-7-8-17-14(16)19-13/h1-8,18H,(H2,16,17,19). The summed E-state index contributed by atoms with van der Waals surface area (Å²) in [5, 5.41) is 0.707. The first-order valence-electron chi connectivity index (χ1n) is 5.77. The molecule has 0 radical (unpaired) electrons. The molecular formula is C14H11ClN4. The first-order chi connectivity index (χ1) is 9.24. The number of benzene rings is 1. The Labute approximate surface area is 115 Å². The number of nitrogens with one attached hydrogen (secondary N) is 1. The molecule has 0 bridgehead atoms. The largest absolute Gasteiger partial charge is 0.368 e. The number of nitrogen functional groups attached to an aromatic ring is 1. The first-order valence-corrected chi connectivity index (χ1v) is 6.14. The molecule has 3 aromatic rings. The minimum Gasteiger partial charge on any atom is -0.368 e. The Kier molecular flexibility index (Phi) is 2.93. The molecule has 2 heterocycles. The molecule has 0 aliphatic rings. The van der Waals surface area contributed by atoms with Crippen LogP contribution in [0.15, 0.2) is 48.7 Å². The maximum Gasteiger partial charge on any atom is 0.220 e. The molecule has 0 fully saturated rings. The van der Waals surface area contributed by atoms with E-state index in [0.717, 1.165) is 22.6 Å². The molecule has 1 aromatic carbocycles. The second kappa shape index (κ2) is 4.74. The Hall–Kier alpha value is -2.33. The van der Waals surface area contributed by atoms with Gasteiger partial charge in [0.15, 0.2) is 0 Å². The Morgan fingerprint density at radius 1 is 1.00 bits per heavy atom. The first kappa shape index (κ1) is 11.7. The average Bonchev–Trinajstić information content (AvgIpc) is 2.89. The van der Waals surface area contributed by atoms with Crippen LogP contribution < -0.4 is 5.73 Å². The normalized spacial score (nSPS) is 10.6. The van der Waals surface area contributed by atoms with Gasteiger partial charge in [-0.15, -0.1) is 0 Å². The Balaban J connectivity index is 2.03. The molecule has 0 saturated heterocycles. The number of hydrogen-bond donors (Lipinski definition) is 2. The highest BCUT2D eigenvalue weighted by atomic mass is 35.5. The van der Waals surface area contributed by atoms with E-state index < -0.39 is 0 Å². The zero-order valence-electron chi connectivity index (χ0n) is 9.97. The molecule has 2 aromatic heterocycles. The maximum atomic E-state index is 6.17. The molecule has 4 nitrogen and oxygen atoms in total. The summed E-state index contributed by atoms with van der Waals surface area (Å²) in [5.74, 6) is 0.256. The number of aromatic nitrogens is 3. The highest BCUT2D eigenvalue weighted by Gasteiger charge is 2.07. The quantitative estimate of drug-likeness (QED) is 0.750. The molecule has 19 heavy (non-hydrogen) atoms. The summed E-state index contributed by atoms with van der Waals surface area (Å²) < 4.78 is 0. The van der Waals surface area contributed by atoms with Gasteiger partial charge >= 0.3 is 0 Å². The van der Waals surface area contributed by atoms with E-state index in [2.05, 4.69) is 15.0 Å². The van der Waals surface area contributed by atoms with Gasteiger partial charge in [-0.2, -0.15) is 0 Å². The fourth-order valence-electron chi connectivity index (χ4n) is 1.91. The molecule has 0 unspecified atom stereocenters. The highest BCUT2D eigenvalue weighted by Crippen LogP contribution is 2.28. The SMILES string of the molecule is Nc1nccc(-c2ccc(-c3ccccc3Cl)[nH]2)n1. The third-order valence-corrected chi connectivity index (χ3v) is 3.13. The van der Waals surface area contributed by atoms with Crippen LogP contribution in [-0.4, -0.2) is 15.0 Å². The lowest BCUT2D eigenvalue weighted by atomic mass is 10.2. The van der Waals surface area contributed by atoms with Crippen LogP contribution in [0.1, 0.15) is 0 Å². The second-order valence-corrected chi connectivity index (χ2v) is 4.47. The lowest BCUT2D eigenvalue weighted by Gasteiger charge is -2.01. The number of anilines is 1. The van der Waals surface area contributed by atoms with Crippen molar-refractivity contribution in [2.75, 3.05) is 5.73 Å². The van der Waals surface area contributed by atoms with Gasteiger partial charge in [0.05, 0.1) is 11.4 Å². The number of rotatable bonds is 2. The molecule has 3 rings (SSSR count). The Morgan fingerprint density at radius 2 is 1.79 bits per heavy atom. The van der Waals surface area contributed by atoms with Gasteiger partial charge in [0.25, 0.3) is 0 Å². The van der Waals surface area contributed by atoms with E-state index in [9.17, 15) is 0 Å². The molecule has 0 spiro atoms. The molecule has 5 heteroatoms. The van der Waals surface area contributed by atoms with E-state index in [1.54, 1.807) is 12.3 Å². The minimum atomic E-state index is 0.256. The molecule has 3 N–H and O–H groups in total. The van der Waals surface area contributed by atoms with Crippen LogP contribution in [0.5, 0.6) is 0 Å².